The first kappa shape index (κ1) is 14.5. The van der Waals surface area contributed by atoms with Gasteiger partial charge in [-0.1, -0.05) is 12.1 Å². The van der Waals surface area contributed by atoms with Gasteiger partial charge in [0.2, 0.25) is 11.8 Å². The summed E-state index contributed by atoms with van der Waals surface area (Å²) >= 11 is 0. The van der Waals surface area contributed by atoms with Crippen molar-refractivity contribution >= 4 is 5.97 Å². The quantitative estimate of drug-likeness (QED) is 0.681. The average molecular weight is 302 g/mol. The second-order valence-corrected chi connectivity index (χ2v) is 5.09. The minimum Gasteiger partial charge on any atom is -0.469 e. The number of nitrogens with zero attached hydrogens (tertiary/aromatic N) is 1. The molecule has 0 saturated heterocycles. The van der Waals surface area contributed by atoms with Gasteiger partial charge in [0.25, 0.3) is 0 Å². The first-order valence-electron chi connectivity index (χ1n) is 6.85. The maximum atomic E-state index is 13.3. The Morgan fingerprint density at radius 2 is 2.23 bits per heavy atom. The molecule has 114 valence electrons. The maximum Gasteiger partial charge on any atom is 0.337 e. The smallest absolute Gasteiger partial charge is 0.337 e. The fraction of sp³-hybridized carbons (Fsp3) is 0.250. The molecule has 2 heterocycles. The summed E-state index contributed by atoms with van der Waals surface area (Å²) in [5, 5.41) is 0. The van der Waals surface area contributed by atoms with E-state index in [4.69, 9.17) is 15.2 Å². The molecule has 0 amide bonds. The maximum absolute atomic E-state index is 13.3. The van der Waals surface area contributed by atoms with Crippen molar-refractivity contribution in [2.75, 3.05) is 7.11 Å². The van der Waals surface area contributed by atoms with Crippen molar-refractivity contribution in [3.05, 3.63) is 59.0 Å². The summed E-state index contributed by atoms with van der Waals surface area (Å²) in [6.45, 7) is 0. The molecule has 0 spiro atoms. The third-order valence-electron chi connectivity index (χ3n) is 3.66. The number of hydrogen-bond acceptors (Lipinski definition) is 5. The van der Waals surface area contributed by atoms with Gasteiger partial charge in [-0.3, -0.25) is 0 Å². The van der Waals surface area contributed by atoms with Crippen LogP contribution in [-0.2, 0) is 4.74 Å². The highest BCUT2D eigenvalue weighted by Gasteiger charge is 2.29. The second kappa shape index (κ2) is 5.73. The highest BCUT2D eigenvalue weighted by molar-refractivity contribution is 5.89. The molecule has 3 rings (SSSR count). The van der Waals surface area contributed by atoms with E-state index in [-0.39, 0.29) is 18.0 Å². The van der Waals surface area contributed by atoms with Crippen molar-refractivity contribution in [3.8, 4) is 5.88 Å². The van der Waals surface area contributed by atoms with Crippen LogP contribution in [0.25, 0.3) is 0 Å². The van der Waals surface area contributed by atoms with Crippen molar-refractivity contribution < 1.29 is 18.7 Å². The first-order valence-corrected chi connectivity index (χ1v) is 6.85. The summed E-state index contributed by atoms with van der Waals surface area (Å²) in [6.07, 6.45) is 0.131. The van der Waals surface area contributed by atoms with Crippen LogP contribution in [-0.4, -0.2) is 18.1 Å². The molecule has 5 nitrogen and oxygen atoms in total. The summed E-state index contributed by atoms with van der Waals surface area (Å²) < 4.78 is 23.7. The first-order chi connectivity index (χ1) is 10.6. The van der Waals surface area contributed by atoms with E-state index in [1.807, 2.05) is 6.07 Å². The number of methoxy groups -OCH3 is 1. The summed E-state index contributed by atoms with van der Waals surface area (Å²) in [6, 6.07) is 9.46. The van der Waals surface area contributed by atoms with Crippen LogP contribution in [0.15, 0.2) is 36.4 Å². The minimum atomic E-state index is -0.616. The van der Waals surface area contributed by atoms with E-state index in [0.717, 1.165) is 5.56 Å². The molecule has 2 N–H and O–H groups in total. The molecule has 2 aromatic rings. The number of benzene rings is 1. The summed E-state index contributed by atoms with van der Waals surface area (Å²) in [4.78, 5) is 15.4. The van der Waals surface area contributed by atoms with Crippen LogP contribution in [0.5, 0.6) is 5.88 Å². The Morgan fingerprint density at radius 1 is 1.41 bits per heavy atom. The van der Waals surface area contributed by atoms with Gasteiger partial charge in [-0.05, 0) is 29.8 Å². The zero-order chi connectivity index (χ0) is 15.7. The Balaban J connectivity index is 1.92. The number of ether oxygens (including phenoxy) is 2. The molecule has 22 heavy (non-hydrogen) atoms. The standard InChI is InChI=1S/C16H15FN2O3/c1-21-16(20)10-4-2-3-9(7-10)13-8-12(18)11-5-6-14(17)19-15(11)22-13/h2-7,12-13H,8,18H2,1H3/t12-,13+/m0/s1. The van der Waals surface area contributed by atoms with E-state index in [9.17, 15) is 9.18 Å². The van der Waals surface area contributed by atoms with Crippen LogP contribution < -0.4 is 10.5 Å². The van der Waals surface area contributed by atoms with Gasteiger partial charge in [-0.2, -0.15) is 9.37 Å². The predicted octanol–water partition coefficient (Wildman–Crippen LogP) is 2.53. The van der Waals surface area contributed by atoms with Crippen LogP contribution in [0.3, 0.4) is 0 Å². The third-order valence-corrected chi connectivity index (χ3v) is 3.66. The lowest BCUT2D eigenvalue weighted by Gasteiger charge is -2.29. The monoisotopic (exact) mass is 302 g/mol. The van der Waals surface area contributed by atoms with Crippen molar-refractivity contribution in [1.29, 1.82) is 0 Å². The minimum absolute atomic E-state index is 0.201. The van der Waals surface area contributed by atoms with Crippen molar-refractivity contribution in [2.24, 2.45) is 5.73 Å². The van der Waals surface area contributed by atoms with E-state index in [1.165, 1.54) is 13.2 Å². The molecule has 6 heteroatoms. The number of aromatic nitrogens is 1. The summed E-state index contributed by atoms with van der Waals surface area (Å²) in [5.74, 6) is -0.839. The van der Waals surface area contributed by atoms with Crippen LogP contribution in [0.4, 0.5) is 4.39 Å². The molecular weight excluding hydrogens is 287 g/mol. The lowest BCUT2D eigenvalue weighted by molar-refractivity contribution is 0.0600. The number of hydrogen-bond donors (Lipinski definition) is 1. The van der Waals surface area contributed by atoms with Crippen LogP contribution in [0.1, 0.15) is 40.1 Å². The molecule has 0 aliphatic carbocycles. The van der Waals surface area contributed by atoms with Crippen LogP contribution in [0.2, 0.25) is 0 Å². The molecule has 1 aliphatic heterocycles. The average Bonchev–Trinajstić information content (AvgIpc) is 2.53. The molecule has 0 bridgehead atoms. The van der Waals surface area contributed by atoms with E-state index in [0.29, 0.717) is 17.5 Å². The number of nitrogens with two attached hydrogens (primary N) is 1. The normalized spacial score (nSPS) is 20.0. The molecular formula is C16H15FN2O3. The van der Waals surface area contributed by atoms with Crippen molar-refractivity contribution in [2.45, 2.75) is 18.6 Å². The molecule has 1 aliphatic rings. The van der Waals surface area contributed by atoms with E-state index >= 15 is 0 Å². The Kier molecular flexibility index (Phi) is 3.77. The Labute approximate surface area is 126 Å². The fourth-order valence-electron chi connectivity index (χ4n) is 2.53. The number of halogens is 1. The molecule has 1 aromatic heterocycles. The molecule has 0 fully saturated rings. The predicted molar refractivity (Wildman–Crippen MR) is 76.9 cm³/mol. The number of fused-ring (bicyclic) bond motifs is 1. The van der Waals surface area contributed by atoms with Crippen molar-refractivity contribution in [3.63, 3.8) is 0 Å². The number of carbonyl (C=O) groups is 1. The fourth-order valence-corrected chi connectivity index (χ4v) is 2.53. The lowest BCUT2D eigenvalue weighted by Crippen LogP contribution is -2.25. The number of esters is 1. The molecule has 2 atom stereocenters. The molecule has 0 saturated carbocycles. The topological polar surface area (TPSA) is 74.4 Å². The van der Waals surface area contributed by atoms with Gasteiger partial charge in [0.05, 0.1) is 12.7 Å². The van der Waals surface area contributed by atoms with E-state index in [2.05, 4.69) is 4.98 Å². The Bertz CT molecular complexity index is 720. The number of pyridine rings is 1. The zero-order valence-corrected chi connectivity index (χ0v) is 12.0. The van der Waals surface area contributed by atoms with Crippen molar-refractivity contribution in [1.82, 2.24) is 4.98 Å². The third kappa shape index (κ3) is 2.65. The van der Waals surface area contributed by atoms with Gasteiger partial charge in [-0.25, -0.2) is 4.79 Å². The number of carbonyl (C=O) groups excluding carboxylic acids is 1. The summed E-state index contributed by atoms with van der Waals surface area (Å²) in [5.41, 5.74) is 8.00. The van der Waals surface area contributed by atoms with Gasteiger partial charge in [0, 0.05) is 18.0 Å². The number of rotatable bonds is 2. The van der Waals surface area contributed by atoms with Gasteiger partial charge in [0.15, 0.2) is 0 Å². The van der Waals surface area contributed by atoms with Gasteiger partial charge < -0.3 is 15.2 Å². The lowest BCUT2D eigenvalue weighted by atomic mass is 9.94. The second-order valence-electron chi connectivity index (χ2n) is 5.09. The highest BCUT2D eigenvalue weighted by Crippen LogP contribution is 2.38. The van der Waals surface area contributed by atoms with Crippen LogP contribution in [0, 0.1) is 5.95 Å². The highest BCUT2D eigenvalue weighted by atomic mass is 19.1. The zero-order valence-electron chi connectivity index (χ0n) is 12.0. The Hall–Kier alpha value is -2.47. The van der Waals surface area contributed by atoms with E-state index < -0.39 is 11.9 Å². The summed E-state index contributed by atoms with van der Waals surface area (Å²) in [7, 11) is 1.32. The molecule has 1 aromatic carbocycles. The van der Waals surface area contributed by atoms with Gasteiger partial charge in [-0.15, -0.1) is 0 Å². The molecule has 0 unspecified atom stereocenters. The van der Waals surface area contributed by atoms with Crippen LogP contribution >= 0.6 is 0 Å². The molecule has 0 radical (unpaired) electrons. The largest absolute Gasteiger partial charge is 0.469 e. The van der Waals surface area contributed by atoms with Gasteiger partial charge in [0.1, 0.15) is 6.10 Å². The van der Waals surface area contributed by atoms with E-state index in [1.54, 1.807) is 24.3 Å². The SMILES string of the molecule is COC(=O)c1cccc([C@H]2C[C@H](N)c3ccc(F)nc3O2)c1. The Morgan fingerprint density at radius 3 is 3.00 bits per heavy atom. The van der Waals surface area contributed by atoms with Gasteiger partial charge >= 0.3 is 5.97 Å².